The predicted octanol–water partition coefficient (Wildman–Crippen LogP) is 3.52. The maximum atomic E-state index is 5.61. The van der Waals surface area contributed by atoms with Crippen molar-refractivity contribution >= 4 is 15.9 Å². The smallest absolute Gasteiger partial charge is 0.184 e. The van der Waals surface area contributed by atoms with Crippen LogP contribution in [0.3, 0.4) is 0 Å². The van der Waals surface area contributed by atoms with Crippen molar-refractivity contribution < 1.29 is 9.47 Å². The van der Waals surface area contributed by atoms with Gasteiger partial charge in [-0.05, 0) is 19.9 Å². The Hall–Kier alpha value is -0.380. The van der Waals surface area contributed by atoms with Gasteiger partial charge in [-0.2, -0.15) is 0 Å². The molecule has 1 rings (SSSR count). The predicted molar refractivity (Wildman–Crippen MR) is 60.1 cm³/mol. The average Bonchev–Trinajstić information content (AvgIpc) is 2.15. The molecule has 0 radical (unpaired) electrons. The Morgan fingerprint density at radius 3 is 2.36 bits per heavy atom. The number of rotatable bonds is 4. The molecule has 0 aliphatic heterocycles. The van der Waals surface area contributed by atoms with Crippen LogP contribution >= 0.6 is 15.9 Å². The van der Waals surface area contributed by atoms with E-state index in [1.54, 1.807) is 7.11 Å². The molecule has 1 aromatic rings. The van der Waals surface area contributed by atoms with Gasteiger partial charge in [-0.25, -0.2) is 0 Å². The van der Waals surface area contributed by atoms with E-state index in [9.17, 15) is 0 Å². The van der Waals surface area contributed by atoms with E-state index in [2.05, 4.69) is 15.9 Å². The van der Waals surface area contributed by atoms with E-state index in [0.717, 1.165) is 10.0 Å². The van der Waals surface area contributed by atoms with Gasteiger partial charge in [-0.3, -0.25) is 0 Å². The normalized spacial score (nSPS) is 13.2. The van der Waals surface area contributed by atoms with Gasteiger partial charge in [-0.15, -0.1) is 0 Å². The van der Waals surface area contributed by atoms with E-state index in [1.165, 1.54) is 0 Å². The molecule has 78 valence electrons. The number of hydrogen-bond donors (Lipinski definition) is 0. The average molecular weight is 259 g/mol. The summed E-state index contributed by atoms with van der Waals surface area (Å²) in [6, 6.07) is 7.90. The molecule has 1 atom stereocenters. The van der Waals surface area contributed by atoms with Crippen molar-refractivity contribution in [3.8, 4) is 0 Å². The molecular formula is C11H15BrO2. The number of ether oxygens (including phenoxy) is 2. The van der Waals surface area contributed by atoms with Gasteiger partial charge in [0.1, 0.15) is 0 Å². The minimum absolute atomic E-state index is 0.145. The summed E-state index contributed by atoms with van der Waals surface area (Å²) in [5, 5.41) is 0. The first kappa shape index (κ1) is 11.7. The molecule has 0 fully saturated rings. The van der Waals surface area contributed by atoms with Gasteiger partial charge in [0.25, 0.3) is 0 Å². The molecule has 2 nitrogen and oxygen atoms in total. The van der Waals surface area contributed by atoms with Crippen molar-refractivity contribution in [1.82, 2.24) is 0 Å². The van der Waals surface area contributed by atoms with Crippen LogP contribution in [0.1, 0.15) is 25.7 Å². The second kappa shape index (κ2) is 5.49. The van der Waals surface area contributed by atoms with Gasteiger partial charge in [0.2, 0.25) is 0 Å². The van der Waals surface area contributed by atoms with Crippen LogP contribution in [0.4, 0.5) is 0 Å². The van der Waals surface area contributed by atoms with Crippen LogP contribution in [0, 0.1) is 0 Å². The molecule has 3 heteroatoms. The molecule has 1 aromatic carbocycles. The first-order chi connectivity index (χ1) is 6.65. The van der Waals surface area contributed by atoms with Gasteiger partial charge in [0.05, 0.1) is 6.10 Å². The molecular weight excluding hydrogens is 244 g/mol. The monoisotopic (exact) mass is 258 g/mol. The van der Waals surface area contributed by atoms with Crippen LogP contribution in [-0.2, 0) is 9.47 Å². The third-order valence-corrected chi connectivity index (χ3v) is 2.49. The zero-order valence-electron chi connectivity index (χ0n) is 8.66. The SMILES string of the molecule is COC(OC(C)C)c1ccccc1Br. The Morgan fingerprint density at radius 2 is 1.86 bits per heavy atom. The molecule has 0 aromatic heterocycles. The molecule has 0 aliphatic rings. The third kappa shape index (κ3) is 3.08. The summed E-state index contributed by atoms with van der Waals surface area (Å²) in [5.74, 6) is 0. The van der Waals surface area contributed by atoms with E-state index < -0.39 is 0 Å². The van der Waals surface area contributed by atoms with Crippen LogP contribution < -0.4 is 0 Å². The van der Waals surface area contributed by atoms with E-state index in [-0.39, 0.29) is 12.4 Å². The zero-order valence-corrected chi connectivity index (χ0v) is 10.2. The van der Waals surface area contributed by atoms with Crippen molar-refractivity contribution in [3.05, 3.63) is 34.3 Å². The Morgan fingerprint density at radius 1 is 1.21 bits per heavy atom. The number of benzene rings is 1. The lowest BCUT2D eigenvalue weighted by Gasteiger charge is -2.20. The number of methoxy groups -OCH3 is 1. The Kier molecular flexibility index (Phi) is 4.58. The Labute approximate surface area is 93.4 Å². The molecule has 0 saturated carbocycles. The zero-order chi connectivity index (χ0) is 10.6. The quantitative estimate of drug-likeness (QED) is 0.770. The summed E-state index contributed by atoms with van der Waals surface area (Å²) in [6.07, 6.45) is -0.155. The summed E-state index contributed by atoms with van der Waals surface area (Å²) < 4.78 is 11.9. The summed E-state index contributed by atoms with van der Waals surface area (Å²) >= 11 is 3.47. The van der Waals surface area contributed by atoms with Gasteiger partial charge in [0.15, 0.2) is 6.29 Å². The van der Waals surface area contributed by atoms with Crippen molar-refractivity contribution in [2.24, 2.45) is 0 Å². The molecule has 14 heavy (non-hydrogen) atoms. The molecule has 0 amide bonds. The van der Waals surface area contributed by atoms with Crippen LogP contribution in [0.5, 0.6) is 0 Å². The van der Waals surface area contributed by atoms with Crippen molar-refractivity contribution in [1.29, 1.82) is 0 Å². The fraction of sp³-hybridized carbons (Fsp3) is 0.455. The number of hydrogen-bond acceptors (Lipinski definition) is 2. The lowest BCUT2D eigenvalue weighted by Crippen LogP contribution is -2.12. The van der Waals surface area contributed by atoms with Gasteiger partial charge in [-0.1, -0.05) is 34.1 Å². The molecule has 0 N–H and O–H groups in total. The summed E-state index contributed by atoms with van der Waals surface area (Å²) in [5.41, 5.74) is 1.02. The summed E-state index contributed by atoms with van der Waals surface area (Å²) in [4.78, 5) is 0. The lowest BCUT2D eigenvalue weighted by atomic mass is 10.2. The molecule has 0 bridgehead atoms. The molecule has 1 unspecified atom stereocenters. The molecule has 0 saturated heterocycles. The van der Waals surface area contributed by atoms with Crippen LogP contribution in [0.25, 0.3) is 0 Å². The fourth-order valence-electron chi connectivity index (χ4n) is 1.17. The van der Waals surface area contributed by atoms with E-state index in [1.807, 2.05) is 38.1 Å². The van der Waals surface area contributed by atoms with Crippen molar-refractivity contribution in [2.45, 2.75) is 26.2 Å². The highest BCUT2D eigenvalue weighted by Gasteiger charge is 2.14. The first-order valence-corrected chi connectivity index (χ1v) is 5.37. The highest BCUT2D eigenvalue weighted by Crippen LogP contribution is 2.27. The van der Waals surface area contributed by atoms with Gasteiger partial charge >= 0.3 is 0 Å². The third-order valence-electron chi connectivity index (χ3n) is 1.77. The second-order valence-electron chi connectivity index (χ2n) is 3.27. The second-order valence-corrected chi connectivity index (χ2v) is 4.13. The Balaban J connectivity index is 2.83. The van der Waals surface area contributed by atoms with Crippen LogP contribution in [0.15, 0.2) is 28.7 Å². The highest BCUT2D eigenvalue weighted by molar-refractivity contribution is 9.10. The van der Waals surface area contributed by atoms with Crippen molar-refractivity contribution in [3.63, 3.8) is 0 Å². The standard InChI is InChI=1S/C11H15BrO2/c1-8(2)14-11(13-3)9-6-4-5-7-10(9)12/h4-8,11H,1-3H3. The molecule has 0 aliphatic carbocycles. The maximum absolute atomic E-state index is 5.61. The fourth-order valence-corrected chi connectivity index (χ4v) is 1.64. The van der Waals surface area contributed by atoms with E-state index >= 15 is 0 Å². The summed E-state index contributed by atoms with van der Waals surface area (Å²) in [6.45, 7) is 3.98. The molecule has 0 spiro atoms. The van der Waals surface area contributed by atoms with Gasteiger partial charge < -0.3 is 9.47 Å². The minimum Gasteiger partial charge on any atom is -0.352 e. The topological polar surface area (TPSA) is 18.5 Å². The summed E-state index contributed by atoms with van der Waals surface area (Å²) in [7, 11) is 1.65. The number of halogens is 1. The van der Waals surface area contributed by atoms with Crippen LogP contribution in [0.2, 0.25) is 0 Å². The largest absolute Gasteiger partial charge is 0.352 e. The van der Waals surface area contributed by atoms with Crippen LogP contribution in [-0.4, -0.2) is 13.2 Å². The first-order valence-electron chi connectivity index (χ1n) is 4.58. The van der Waals surface area contributed by atoms with E-state index in [4.69, 9.17) is 9.47 Å². The van der Waals surface area contributed by atoms with Crippen molar-refractivity contribution in [2.75, 3.05) is 7.11 Å². The lowest BCUT2D eigenvalue weighted by molar-refractivity contribution is -0.151. The van der Waals surface area contributed by atoms with Gasteiger partial charge in [0, 0.05) is 17.1 Å². The molecule has 0 heterocycles. The maximum Gasteiger partial charge on any atom is 0.184 e. The van der Waals surface area contributed by atoms with E-state index in [0.29, 0.717) is 0 Å². The highest BCUT2D eigenvalue weighted by atomic mass is 79.9. The Bertz CT molecular complexity index is 286. The minimum atomic E-state index is -0.300.